The lowest BCUT2D eigenvalue weighted by Gasteiger charge is -2.35. The van der Waals surface area contributed by atoms with Gasteiger partial charge in [-0.2, -0.15) is 9.29 Å². The van der Waals surface area contributed by atoms with Crippen LogP contribution in [-0.4, -0.2) is 54.0 Å². The Balaban J connectivity index is 1.51. The standard InChI is InChI=1S/C16H14N4O6S2/c1-25-16(22)12-11(4-6-27-12)28(23,24)20-7-9(8-20)15-18-13(19-26-15)10-3-2-5-17-14(10)21/h2-6,9H,7-8H2,1H3,(H,17,21). The van der Waals surface area contributed by atoms with Gasteiger partial charge in [-0.3, -0.25) is 4.79 Å². The summed E-state index contributed by atoms with van der Waals surface area (Å²) in [6.07, 6.45) is 1.49. The molecule has 0 saturated carbocycles. The molecule has 28 heavy (non-hydrogen) atoms. The molecule has 10 nitrogen and oxygen atoms in total. The van der Waals surface area contributed by atoms with Gasteiger partial charge in [0.1, 0.15) is 9.77 Å². The Morgan fingerprint density at radius 1 is 1.39 bits per heavy atom. The first-order valence-corrected chi connectivity index (χ1v) is 10.4. The number of nitrogens with one attached hydrogen (secondary N) is 1. The molecule has 0 spiro atoms. The number of ether oxygens (including phenoxy) is 1. The fraction of sp³-hybridized carbons (Fsp3) is 0.250. The normalized spacial score (nSPS) is 15.3. The fourth-order valence-electron chi connectivity index (χ4n) is 2.78. The van der Waals surface area contributed by atoms with Gasteiger partial charge in [0.2, 0.25) is 21.7 Å². The van der Waals surface area contributed by atoms with Gasteiger partial charge in [-0.1, -0.05) is 5.16 Å². The van der Waals surface area contributed by atoms with Crippen LogP contribution in [-0.2, 0) is 14.8 Å². The van der Waals surface area contributed by atoms with Gasteiger partial charge in [-0.05, 0) is 23.6 Å². The summed E-state index contributed by atoms with van der Waals surface area (Å²) < 4.78 is 36.6. The number of aromatic amines is 1. The topological polar surface area (TPSA) is 135 Å². The molecule has 146 valence electrons. The number of aromatic nitrogens is 3. The van der Waals surface area contributed by atoms with Crippen molar-refractivity contribution < 1.29 is 22.5 Å². The lowest BCUT2D eigenvalue weighted by Crippen LogP contribution is -2.48. The van der Waals surface area contributed by atoms with E-state index < -0.39 is 16.0 Å². The number of sulfonamides is 1. The van der Waals surface area contributed by atoms with Crippen molar-refractivity contribution in [2.45, 2.75) is 10.8 Å². The maximum Gasteiger partial charge on any atom is 0.349 e. The quantitative estimate of drug-likeness (QED) is 0.603. The van der Waals surface area contributed by atoms with Gasteiger partial charge in [0.05, 0.1) is 18.6 Å². The summed E-state index contributed by atoms with van der Waals surface area (Å²) in [5.41, 5.74) is -0.0808. The Labute approximate surface area is 162 Å². The molecule has 0 unspecified atom stereocenters. The zero-order chi connectivity index (χ0) is 19.9. The van der Waals surface area contributed by atoms with E-state index in [2.05, 4.69) is 19.9 Å². The lowest BCUT2D eigenvalue weighted by atomic mass is 10.0. The van der Waals surface area contributed by atoms with Crippen molar-refractivity contribution >= 4 is 27.3 Å². The predicted molar refractivity (Wildman–Crippen MR) is 97.5 cm³/mol. The van der Waals surface area contributed by atoms with E-state index in [1.807, 2.05) is 0 Å². The Morgan fingerprint density at radius 3 is 2.89 bits per heavy atom. The molecule has 1 saturated heterocycles. The lowest BCUT2D eigenvalue weighted by molar-refractivity contribution is 0.0602. The van der Waals surface area contributed by atoms with E-state index in [0.717, 1.165) is 11.3 Å². The van der Waals surface area contributed by atoms with Gasteiger partial charge < -0.3 is 14.2 Å². The molecule has 0 aromatic carbocycles. The monoisotopic (exact) mass is 422 g/mol. The number of esters is 1. The number of carbonyl (C=O) groups excluding carboxylic acids is 1. The van der Waals surface area contributed by atoms with E-state index in [1.54, 1.807) is 12.1 Å². The van der Waals surface area contributed by atoms with E-state index in [-0.39, 0.29) is 51.6 Å². The van der Waals surface area contributed by atoms with Gasteiger partial charge in [0.15, 0.2) is 0 Å². The number of rotatable bonds is 5. The first-order valence-electron chi connectivity index (χ1n) is 8.09. The number of carbonyl (C=O) groups is 1. The zero-order valence-corrected chi connectivity index (χ0v) is 16.1. The zero-order valence-electron chi connectivity index (χ0n) is 14.5. The highest BCUT2D eigenvalue weighted by molar-refractivity contribution is 7.89. The molecule has 12 heteroatoms. The Morgan fingerprint density at radius 2 is 2.18 bits per heavy atom. The molecule has 0 atom stereocenters. The maximum atomic E-state index is 12.8. The van der Waals surface area contributed by atoms with Crippen molar-refractivity contribution in [2.24, 2.45) is 0 Å². The summed E-state index contributed by atoms with van der Waals surface area (Å²) >= 11 is 1.01. The number of pyridine rings is 1. The molecule has 4 rings (SSSR count). The van der Waals surface area contributed by atoms with Crippen molar-refractivity contribution in [3.8, 4) is 11.4 Å². The minimum absolute atomic E-state index is 0.0364. The van der Waals surface area contributed by atoms with E-state index in [1.165, 1.54) is 29.1 Å². The molecule has 0 radical (unpaired) electrons. The summed E-state index contributed by atoms with van der Waals surface area (Å²) in [6.45, 7) is 0.261. The van der Waals surface area contributed by atoms with Crippen LogP contribution in [0.4, 0.5) is 0 Å². The van der Waals surface area contributed by atoms with Crippen molar-refractivity contribution in [3.63, 3.8) is 0 Å². The third kappa shape index (κ3) is 3.04. The predicted octanol–water partition coefficient (Wildman–Crippen LogP) is 1.06. The second-order valence-electron chi connectivity index (χ2n) is 5.99. The van der Waals surface area contributed by atoms with Crippen molar-refractivity contribution in [1.82, 2.24) is 19.4 Å². The molecule has 3 aromatic heterocycles. The third-order valence-electron chi connectivity index (χ3n) is 4.32. The fourth-order valence-corrected chi connectivity index (χ4v) is 5.62. The van der Waals surface area contributed by atoms with Crippen molar-refractivity contribution in [1.29, 1.82) is 0 Å². The van der Waals surface area contributed by atoms with Crippen LogP contribution in [0.2, 0.25) is 0 Å². The Hall–Kier alpha value is -2.83. The largest absolute Gasteiger partial charge is 0.465 e. The van der Waals surface area contributed by atoms with E-state index in [9.17, 15) is 18.0 Å². The maximum absolute atomic E-state index is 12.8. The summed E-state index contributed by atoms with van der Waals surface area (Å²) in [5, 5.41) is 5.33. The van der Waals surface area contributed by atoms with Gasteiger partial charge in [0.25, 0.3) is 5.56 Å². The van der Waals surface area contributed by atoms with Crippen molar-refractivity contribution in [3.05, 3.63) is 50.9 Å². The van der Waals surface area contributed by atoms with Gasteiger partial charge in [-0.15, -0.1) is 11.3 Å². The van der Waals surface area contributed by atoms with Crippen LogP contribution < -0.4 is 5.56 Å². The van der Waals surface area contributed by atoms with E-state index in [0.29, 0.717) is 0 Å². The number of H-pyrrole nitrogens is 1. The summed E-state index contributed by atoms with van der Waals surface area (Å²) in [5.74, 6) is -0.591. The average molecular weight is 422 g/mol. The number of methoxy groups -OCH3 is 1. The molecule has 4 heterocycles. The smallest absolute Gasteiger partial charge is 0.349 e. The average Bonchev–Trinajstić information content (AvgIpc) is 3.30. The van der Waals surface area contributed by atoms with Crippen LogP contribution in [0, 0.1) is 0 Å². The molecule has 0 bridgehead atoms. The molecule has 1 aliphatic heterocycles. The SMILES string of the molecule is COC(=O)c1sccc1S(=O)(=O)N1CC(c2nc(-c3ccc[nH]c3=O)no2)C1. The molecule has 3 aromatic rings. The van der Waals surface area contributed by atoms with Crippen LogP contribution in [0.25, 0.3) is 11.4 Å². The van der Waals surface area contributed by atoms with E-state index in [4.69, 9.17) is 4.52 Å². The van der Waals surface area contributed by atoms with Gasteiger partial charge in [-0.25, -0.2) is 13.2 Å². The molecular formula is C16H14N4O6S2. The first kappa shape index (κ1) is 18.5. The number of thiophene rings is 1. The minimum Gasteiger partial charge on any atom is -0.465 e. The Bertz CT molecular complexity index is 1190. The summed E-state index contributed by atoms with van der Waals surface area (Å²) in [4.78, 5) is 30.3. The second kappa shape index (κ2) is 6.96. The number of hydrogen-bond donors (Lipinski definition) is 1. The van der Waals surface area contributed by atoms with E-state index >= 15 is 0 Å². The highest BCUT2D eigenvalue weighted by atomic mass is 32.2. The van der Waals surface area contributed by atoms with Crippen LogP contribution in [0.3, 0.4) is 0 Å². The molecule has 1 aliphatic rings. The number of hydrogen-bond acceptors (Lipinski definition) is 9. The first-order chi connectivity index (χ1) is 13.4. The molecule has 1 N–H and O–H groups in total. The van der Waals surface area contributed by atoms with Crippen LogP contribution in [0.1, 0.15) is 21.5 Å². The summed E-state index contributed by atoms with van der Waals surface area (Å²) in [6, 6.07) is 4.59. The number of nitrogens with zero attached hydrogens (tertiary/aromatic N) is 3. The highest BCUT2D eigenvalue weighted by Gasteiger charge is 2.42. The minimum atomic E-state index is -3.84. The summed E-state index contributed by atoms with van der Waals surface area (Å²) in [7, 11) is -2.64. The molecule has 1 fully saturated rings. The Kier molecular flexibility index (Phi) is 4.61. The van der Waals surface area contributed by atoms with Crippen LogP contribution in [0.15, 0.2) is 44.0 Å². The molecule has 0 aliphatic carbocycles. The van der Waals surface area contributed by atoms with Gasteiger partial charge >= 0.3 is 5.97 Å². The van der Waals surface area contributed by atoms with Crippen LogP contribution in [0.5, 0.6) is 0 Å². The molecule has 0 amide bonds. The highest BCUT2D eigenvalue weighted by Crippen LogP contribution is 2.34. The van der Waals surface area contributed by atoms with Crippen LogP contribution >= 0.6 is 11.3 Å². The third-order valence-corrected chi connectivity index (χ3v) is 7.21. The second-order valence-corrected chi connectivity index (χ2v) is 8.82. The van der Waals surface area contributed by atoms with Gasteiger partial charge in [0, 0.05) is 19.3 Å². The molecular weight excluding hydrogens is 408 g/mol. The van der Waals surface area contributed by atoms with Crippen molar-refractivity contribution in [2.75, 3.05) is 20.2 Å².